The van der Waals surface area contributed by atoms with E-state index in [-0.39, 0.29) is 19.5 Å². The quantitative estimate of drug-likeness (QED) is 0.205. The third-order valence-electron chi connectivity index (χ3n) is 4.92. The number of nitrogens with zero attached hydrogens (tertiary/aromatic N) is 3. The molecule has 182 valence electrons. The summed E-state index contributed by atoms with van der Waals surface area (Å²) in [5.74, 6) is 2.25. The lowest BCUT2D eigenvalue weighted by Gasteiger charge is -2.26. The first-order valence-electron chi connectivity index (χ1n) is 11.1. The molecule has 0 saturated heterocycles. The van der Waals surface area contributed by atoms with Gasteiger partial charge in [0.25, 0.3) is 0 Å². The zero-order chi connectivity index (χ0) is 24.3. The van der Waals surface area contributed by atoms with Gasteiger partial charge in [-0.25, -0.2) is 9.97 Å². The molecular formula is C25H31N3O6. The molecule has 0 radical (unpaired) electrons. The minimum Gasteiger partial charge on any atom is -0.493 e. The van der Waals surface area contributed by atoms with Gasteiger partial charge in [0.15, 0.2) is 11.5 Å². The molecule has 1 aromatic heterocycles. The summed E-state index contributed by atoms with van der Waals surface area (Å²) >= 11 is 0. The molecule has 3 aromatic rings. The van der Waals surface area contributed by atoms with E-state index < -0.39 is 0 Å². The number of aromatic nitrogens is 2. The fraction of sp³-hybridized carbons (Fsp3) is 0.400. The average molecular weight is 470 g/mol. The van der Waals surface area contributed by atoms with Crippen LogP contribution in [0.4, 0.5) is 11.5 Å². The van der Waals surface area contributed by atoms with Crippen LogP contribution in [-0.2, 0) is 19.0 Å². The zero-order valence-corrected chi connectivity index (χ0v) is 20.1. The molecule has 0 unspecified atom stereocenters. The maximum atomic E-state index is 11.6. The van der Waals surface area contributed by atoms with E-state index in [1.807, 2.05) is 54.3 Å². The van der Waals surface area contributed by atoms with Crippen molar-refractivity contribution in [3.63, 3.8) is 0 Å². The first kappa shape index (κ1) is 25.2. The molecule has 0 bridgehead atoms. The summed E-state index contributed by atoms with van der Waals surface area (Å²) < 4.78 is 27.2. The van der Waals surface area contributed by atoms with Gasteiger partial charge in [0.2, 0.25) is 0 Å². The van der Waals surface area contributed by atoms with Gasteiger partial charge in [0.1, 0.15) is 25.2 Å². The van der Waals surface area contributed by atoms with Crippen LogP contribution < -0.4 is 14.4 Å². The second kappa shape index (κ2) is 12.7. The molecule has 0 saturated carbocycles. The minimum absolute atomic E-state index is 0.131. The molecule has 0 aliphatic carbocycles. The zero-order valence-electron chi connectivity index (χ0n) is 20.1. The van der Waals surface area contributed by atoms with Gasteiger partial charge >= 0.3 is 5.97 Å². The highest BCUT2D eigenvalue weighted by Crippen LogP contribution is 2.36. The van der Waals surface area contributed by atoms with Crippen molar-refractivity contribution >= 4 is 28.4 Å². The maximum Gasteiger partial charge on any atom is 0.305 e. The minimum atomic E-state index is -0.237. The van der Waals surface area contributed by atoms with Crippen LogP contribution in [0, 0.1) is 6.92 Å². The molecule has 0 amide bonds. The van der Waals surface area contributed by atoms with E-state index in [1.54, 1.807) is 21.1 Å². The van der Waals surface area contributed by atoms with Crippen LogP contribution in [0.5, 0.6) is 11.5 Å². The van der Waals surface area contributed by atoms with Crippen LogP contribution >= 0.6 is 0 Å². The first-order valence-corrected chi connectivity index (χ1v) is 11.1. The second-order valence-electron chi connectivity index (χ2n) is 7.37. The molecule has 2 aromatic carbocycles. The topological polar surface area (TPSA) is 92.2 Å². The molecule has 1 heterocycles. The fourth-order valence-electron chi connectivity index (χ4n) is 3.43. The molecule has 3 rings (SSSR count). The van der Waals surface area contributed by atoms with E-state index in [4.69, 9.17) is 28.7 Å². The Bertz CT molecular complexity index is 1090. The number of carbonyl (C=O) groups excluding carboxylic acids is 1. The summed E-state index contributed by atoms with van der Waals surface area (Å²) in [6.45, 7) is 4.68. The molecule has 0 atom stereocenters. The number of rotatable bonds is 13. The molecule has 0 fully saturated rings. The van der Waals surface area contributed by atoms with Crippen LogP contribution in [0.2, 0.25) is 0 Å². The number of esters is 1. The first-order chi connectivity index (χ1) is 16.6. The van der Waals surface area contributed by atoms with Crippen molar-refractivity contribution in [3.05, 3.63) is 48.3 Å². The number of methoxy groups -OCH3 is 2. The Morgan fingerprint density at radius 3 is 2.65 bits per heavy atom. The van der Waals surface area contributed by atoms with Gasteiger partial charge in [-0.05, 0) is 44.5 Å². The van der Waals surface area contributed by atoms with Crippen LogP contribution in [0.25, 0.3) is 10.9 Å². The van der Waals surface area contributed by atoms with Crippen molar-refractivity contribution in [1.82, 2.24) is 9.97 Å². The number of para-hydroxylation sites is 1. The summed E-state index contributed by atoms with van der Waals surface area (Å²) in [6.07, 6.45) is 0.821. The van der Waals surface area contributed by atoms with E-state index in [0.29, 0.717) is 49.2 Å². The van der Waals surface area contributed by atoms with Crippen LogP contribution in [0.15, 0.2) is 42.5 Å². The molecule has 34 heavy (non-hydrogen) atoms. The van der Waals surface area contributed by atoms with Gasteiger partial charge in [0, 0.05) is 30.7 Å². The highest BCUT2D eigenvalue weighted by atomic mass is 16.7. The summed E-state index contributed by atoms with van der Waals surface area (Å²) in [7, 11) is 3.16. The third kappa shape index (κ3) is 6.55. The highest BCUT2D eigenvalue weighted by Gasteiger charge is 2.18. The molecular weight excluding hydrogens is 438 g/mol. The summed E-state index contributed by atoms with van der Waals surface area (Å²) in [5.41, 5.74) is 1.63. The predicted octanol–water partition coefficient (Wildman–Crippen LogP) is 4.39. The van der Waals surface area contributed by atoms with Crippen LogP contribution in [0.1, 0.15) is 25.6 Å². The van der Waals surface area contributed by atoms with Crippen molar-refractivity contribution in [2.45, 2.75) is 26.7 Å². The second-order valence-corrected chi connectivity index (χ2v) is 7.37. The lowest BCUT2D eigenvalue weighted by molar-refractivity contribution is -0.143. The van der Waals surface area contributed by atoms with Gasteiger partial charge in [-0.1, -0.05) is 12.1 Å². The summed E-state index contributed by atoms with van der Waals surface area (Å²) in [4.78, 5) is 22.8. The van der Waals surface area contributed by atoms with E-state index in [1.165, 1.54) is 0 Å². The van der Waals surface area contributed by atoms with E-state index in [2.05, 4.69) is 4.98 Å². The lowest BCUT2D eigenvalue weighted by Crippen LogP contribution is -2.23. The number of hydrogen-bond donors (Lipinski definition) is 0. The van der Waals surface area contributed by atoms with Crippen LogP contribution in [0.3, 0.4) is 0 Å². The highest BCUT2D eigenvalue weighted by molar-refractivity contribution is 5.91. The molecule has 9 heteroatoms. The number of ether oxygens (including phenoxy) is 5. The SMILES string of the molecule is CCOC(=O)CCCOc1cc(N(COCOC)c2nc(C)nc3ccccc23)ccc1OC. The fourth-order valence-corrected chi connectivity index (χ4v) is 3.43. The summed E-state index contributed by atoms with van der Waals surface area (Å²) in [6, 6.07) is 13.4. The molecule has 0 spiro atoms. The van der Waals surface area contributed by atoms with Crippen molar-refractivity contribution in [3.8, 4) is 11.5 Å². The number of aryl methyl sites for hydroxylation is 1. The van der Waals surface area contributed by atoms with E-state index in [0.717, 1.165) is 16.6 Å². The standard InChI is InChI=1S/C25H31N3O6/c1-5-33-24(29)11-8-14-34-23-15-19(12-13-22(23)31-4)28(16-32-17-30-3)25-20-9-6-7-10-21(20)26-18(2)27-25/h6-7,9-10,12-13,15H,5,8,11,14,16-17H2,1-4H3. The van der Waals surface area contributed by atoms with Crippen LogP contribution in [-0.4, -0.2) is 56.9 Å². The van der Waals surface area contributed by atoms with Crippen molar-refractivity contribution in [2.75, 3.05) is 45.9 Å². The number of benzene rings is 2. The Morgan fingerprint density at radius 2 is 1.88 bits per heavy atom. The molecule has 0 N–H and O–H groups in total. The third-order valence-corrected chi connectivity index (χ3v) is 4.92. The Balaban J connectivity index is 1.91. The largest absolute Gasteiger partial charge is 0.493 e. The maximum absolute atomic E-state index is 11.6. The van der Waals surface area contributed by atoms with Gasteiger partial charge in [-0.2, -0.15) is 0 Å². The number of carbonyl (C=O) groups is 1. The number of anilines is 2. The normalized spacial score (nSPS) is 10.8. The molecule has 9 nitrogen and oxygen atoms in total. The monoisotopic (exact) mass is 469 g/mol. The van der Waals surface area contributed by atoms with Gasteiger partial charge < -0.3 is 28.6 Å². The Hall–Kier alpha value is -3.43. The number of fused-ring (bicyclic) bond motifs is 1. The smallest absolute Gasteiger partial charge is 0.305 e. The van der Waals surface area contributed by atoms with Gasteiger partial charge in [-0.15, -0.1) is 0 Å². The Kier molecular flexibility index (Phi) is 9.42. The van der Waals surface area contributed by atoms with Gasteiger partial charge in [-0.3, -0.25) is 4.79 Å². The lowest BCUT2D eigenvalue weighted by atomic mass is 10.2. The predicted molar refractivity (Wildman–Crippen MR) is 129 cm³/mol. The number of hydrogen-bond acceptors (Lipinski definition) is 9. The van der Waals surface area contributed by atoms with E-state index in [9.17, 15) is 4.79 Å². The van der Waals surface area contributed by atoms with Crippen molar-refractivity contribution in [1.29, 1.82) is 0 Å². The Labute approximate surface area is 199 Å². The Morgan fingerprint density at radius 1 is 1.06 bits per heavy atom. The molecule has 0 aliphatic rings. The average Bonchev–Trinajstić information content (AvgIpc) is 2.84. The van der Waals surface area contributed by atoms with E-state index >= 15 is 0 Å². The van der Waals surface area contributed by atoms with Gasteiger partial charge in [0.05, 0.1) is 25.8 Å². The molecule has 0 aliphatic heterocycles. The van der Waals surface area contributed by atoms with Crippen molar-refractivity contribution < 1.29 is 28.5 Å². The summed E-state index contributed by atoms with van der Waals surface area (Å²) in [5, 5.41) is 0.891. The van der Waals surface area contributed by atoms with Crippen molar-refractivity contribution in [2.24, 2.45) is 0 Å².